The SMILES string of the molecule is C[C@H](NC(=O)/C=C/c1ccc(Cl)c(C(F)(F)F)c1)c1ccco1. The van der Waals surface area contributed by atoms with Crippen LogP contribution in [0.4, 0.5) is 13.2 Å². The molecule has 0 unspecified atom stereocenters. The molecule has 1 amide bonds. The van der Waals surface area contributed by atoms with Crippen molar-refractivity contribution in [2.75, 3.05) is 0 Å². The molecule has 122 valence electrons. The van der Waals surface area contributed by atoms with Gasteiger partial charge in [-0.1, -0.05) is 17.7 Å². The minimum Gasteiger partial charge on any atom is -0.467 e. The first-order chi connectivity index (χ1) is 10.8. The number of carbonyl (C=O) groups is 1. The van der Waals surface area contributed by atoms with Crippen molar-refractivity contribution in [3.05, 3.63) is 64.6 Å². The van der Waals surface area contributed by atoms with E-state index >= 15 is 0 Å². The highest BCUT2D eigenvalue weighted by atomic mass is 35.5. The lowest BCUT2D eigenvalue weighted by molar-refractivity contribution is -0.137. The highest BCUT2D eigenvalue weighted by molar-refractivity contribution is 6.31. The maximum atomic E-state index is 12.8. The number of carbonyl (C=O) groups excluding carboxylic acids is 1. The Hall–Kier alpha value is -2.21. The summed E-state index contributed by atoms with van der Waals surface area (Å²) in [6.45, 7) is 1.73. The predicted molar refractivity (Wildman–Crippen MR) is 80.8 cm³/mol. The molecule has 0 aliphatic heterocycles. The van der Waals surface area contributed by atoms with Crippen LogP contribution in [0.1, 0.15) is 29.9 Å². The van der Waals surface area contributed by atoms with Crippen molar-refractivity contribution in [2.45, 2.75) is 19.1 Å². The minimum absolute atomic E-state index is 0.225. The molecule has 0 saturated carbocycles. The summed E-state index contributed by atoms with van der Waals surface area (Å²) in [5.74, 6) is 0.134. The van der Waals surface area contributed by atoms with Crippen molar-refractivity contribution in [3.63, 3.8) is 0 Å². The van der Waals surface area contributed by atoms with Crippen molar-refractivity contribution in [1.82, 2.24) is 5.32 Å². The van der Waals surface area contributed by atoms with Gasteiger partial charge in [0.15, 0.2) is 0 Å². The number of benzene rings is 1. The van der Waals surface area contributed by atoms with Gasteiger partial charge in [0.05, 0.1) is 22.9 Å². The Morgan fingerprint density at radius 1 is 1.35 bits per heavy atom. The Bertz CT molecular complexity index is 709. The minimum atomic E-state index is -4.54. The lowest BCUT2D eigenvalue weighted by atomic mass is 10.1. The molecule has 2 rings (SSSR count). The summed E-state index contributed by atoms with van der Waals surface area (Å²) in [5, 5.41) is 2.26. The van der Waals surface area contributed by atoms with E-state index in [0.29, 0.717) is 5.76 Å². The monoisotopic (exact) mass is 343 g/mol. The second-order valence-electron chi connectivity index (χ2n) is 4.82. The van der Waals surface area contributed by atoms with Crippen LogP contribution in [0.25, 0.3) is 6.08 Å². The summed E-state index contributed by atoms with van der Waals surface area (Å²) in [5.41, 5.74) is -0.715. The van der Waals surface area contributed by atoms with E-state index in [2.05, 4.69) is 5.32 Å². The molecule has 0 spiro atoms. The van der Waals surface area contributed by atoms with Gasteiger partial charge in [0.1, 0.15) is 5.76 Å². The van der Waals surface area contributed by atoms with Crippen LogP contribution in [0.5, 0.6) is 0 Å². The fraction of sp³-hybridized carbons (Fsp3) is 0.188. The zero-order chi connectivity index (χ0) is 17.0. The highest BCUT2D eigenvalue weighted by Gasteiger charge is 2.33. The van der Waals surface area contributed by atoms with Crippen molar-refractivity contribution < 1.29 is 22.4 Å². The van der Waals surface area contributed by atoms with E-state index in [9.17, 15) is 18.0 Å². The number of alkyl halides is 3. The fourth-order valence-electron chi connectivity index (χ4n) is 1.91. The third-order valence-corrected chi connectivity index (χ3v) is 3.38. The molecule has 2 aromatic rings. The molecular weight excluding hydrogens is 331 g/mol. The Kier molecular flexibility index (Phi) is 5.15. The number of furan rings is 1. The molecular formula is C16H13ClF3NO2. The van der Waals surface area contributed by atoms with Crippen LogP contribution in [0.15, 0.2) is 47.1 Å². The molecule has 1 N–H and O–H groups in total. The lowest BCUT2D eigenvalue weighted by Crippen LogP contribution is -2.24. The van der Waals surface area contributed by atoms with Crippen molar-refractivity contribution in [1.29, 1.82) is 0 Å². The van der Waals surface area contributed by atoms with Gasteiger partial charge in [0.2, 0.25) is 5.91 Å². The van der Waals surface area contributed by atoms with Crippen LogP contribution in [0.2, 0.25) is 5.02 Å². The molecule has 0 saturated heterocycles. The van der Waals surface area contributed by atoms with Gasteiger partial charge < -0.3 is 9.73 Å². The largest absolute Gasteiger partial charge is 0.467 e. The molecule has 1 aromatic carbocycles. The van der Waals surface area contributed by atoms with E-state index in [4.69, 9.17) is 16.0 Å². The summed E-state index contributed by atoms with van der Waals surface area (Å²) in [7, 11) is 0. The molecule has 7 heteroatoms. The fourth-order valence-corrected chi connectivity index (χ4v) is 2.13. The van der Waals surface area contributed by atoms with E-state index in [1.807, 2.05) is 0 Å². The van der Waals surface area contributed by atoms with E-state index in [-0.39, 0.29) is 16.6 Å². The number of hydrogen-bond donors (Lipinski definition) is 1. The van der Waals surface area contributed by atoms with Gasteiger partial charge in [0.25, 0.3) is 0 Å². The first-order valence-corrected chi connectivity index (χ1v) is 7.04. The van der Waals surface area contributed by atoms with Gasteiger partial charge >= 0.3 is 6.18 Å². The molecule has 1 atom stereocenters. The molecule has 0 aliphatic rings. The van der Waals surface area contributed by atoms with Gasteiger partial charge in [-0.05, 0) is 42.8 Å². The number of rotatable bonds is 4. The lowest BCUT2D eigenvalue weighted by Gasteiger charge is -2.10. The molecule has 0 radical (unpaired) electrons. The van der Waals surface area contributed by atoms with Crippen LogP contribution < -0.4 is 5.32 Å². The molecule has 1 heterocycles. The molecule has 0 aliphatic carbocycles. The smallest absolute Gasteiger partial charge is 0.417 e. The first-order valence-electron chi connectivity index (χ1n) is 6.66. The average molecular weight is 344 g/mol. The predicted octanol–water partition coefficient (Wildman–Crippen LogP) is 4.84. The first kappa shape index (κ1) is 17.1. The Morgan fingerprint density at radius 2 is 2.09 bits per heavy atom. The van der Waals surface area contributed by atoms with Crippen LogP contribution in [0.3, 0.4) is 0 Å². The van der Waals surface area contributed by atoms with Crippen LogP contribution >= 0.6 is 11.6 Å². The maximum absolute atomic E-state index is 12.8. The van der Waals surface area contributed by atoms with Gasteiger partial charge in [0, 0.05) is 6.08 Å². The van der Waals surface area contributed by atoms with Crippen molar-refractivity contribution >= 4 is 23.6 Å². The van der Waals surface area contributed by atoms with Crippen LogP contribution in [-0.4, -0.2) is 5.91 Å². The summed E-state index contributed by atoms with van der Waals surface area (Å²) in [6.07, 6.45) is -0.615. The number of hydrogen-bond acceptors (Lipinski definition) is 2. The third kappa shape index (κ3) is 4.63. The zero-order valence-corrected chi connectivity index (χ0v) is 12.8. The van der Waals surface area contributed by atoms with Gasteiger partial charge in [-0.25, -0.2) is 0 Å². The van der Waals surface area contributed by atoms with Gasteiger partial charge in [-0.15, -0.1) is 0 Å². The second kappa shape index (κ2) is 6.91. The number of nitrogens with one attached hydrogen (secondary N) is 1. The van der Waals surface area contributed by atoms with E-state index < -0.39 is 17.6 Å². The van der Waals surface area contributed by atoms with E-state index in [1.165, 1.54) is 18.4 Å². The average Bonchev–Trinajstić information content (AvgIpc) is 2.99. The molecule has 1 aromatic heterocycles. The third-order valence-electron chi connectivity index (χ3n) is 3.05. The summed E-state index contributed by atoms with van der Waals surface area (Å²) >= 11 is 5.54. The Morgan fingerprint density at radius 3 is 2.70 bits per heavy atom. The molecule has 3 nitrogen and oxygen atoms in total. The number of amides is 1. The zero-order valence-electron chi connectivity index (χ0n) is 12.0. The molecule has 23 heavy (non-hydrogen) atoms. The summed E-state index contributed by atoms with van der Waals surface area (Å²) < 4.78 is 43.4. The van der Waals surface area contributed by atoms with Crippen molar-refractivity contribution in [3.8, 4) is 0 Å². The molecule has 0 fully saturated rings. The number of halogens is 4. The normalized spacial score (nSPS) is 13.3. The maximum Gasteiger partial charge on any atom is 0.417 e. The van der Waals surface area contributed by atoms with E-state index in [0.717, 1.165) is 18.2 Å². The van der Waals surface area contributed by atoms with E-state index in [1.54, 1.807) is 19.1 Å². The summed E-state index contributed by atoms with van der Waals surface area (Å²) in [4.78, 5) is 11.8. The van der Waals surface area contributed by atoms with Gasteiger partial charge in [-0.2, -0.15) is 13.2 Å². The van der Waals surface area contributed by atoms with Crippen molar-refractivity contribution in [2.24, 2.45) is 0 Å². The standard InChI is InChI=1S/C16H13ClF3NO2/c1-10(14-3-2-8-23-14)21-15(22)7-5-11-4-6-13(17)12(9-11)16(18,19)20/h2-10H,1H3,(H,21,22)/b7-5+/t10-/m0/s1. The van der Waals surface area contributed by atoms with Gasteiger partial charge in [-0.3, -0.25) is 4.79 Å². The second-order valence-corrected chi connectivity index (χ2v) is 5.22. The summed E-state index contributed by atoms with van der Waals surface area (Å²) in [6, 6.07) is 6.49. The Balaban J connectivity index is 2.06. The van der Waals surface area contributed by atoms with Crippen LogP contribution in [-0.2, 0) is 11.0 Å². The quantitative estimate of drug-likeness (QED) is 0.807. The Labute approximate surface area is 135 Å². The highest BCUT2D eigenvalue weighted by Crippen LogP contribution is 2.35. The van der Waals surface area contributed by atoms with Crippen LogP contribution in [0, 0.1) is 0 Å². The topological polar surface area (TPSA) is 42.2 Å². The molecule has 0 bridgehead atoms.